The van der Waals surface area contributed by atoms with Crippen molar-refractivity contribution in [2.45, 2.75) is 185 Å². The number of aliphatic hydroxyl groups excluding tert-OH is 3. The summed E-state index contributed by atoms with van der Waals surface area (Å²) < 4.78 is 44.5. The molecule has 4 heterocycles. The molecule has 3 fully saturated rings. The number of hydrogen-bond donors (Lipinski definition) is 4. The van der Waals surface area contributed by atoms with E-state index in [2.05, 4.69) is 0 Å². The average molecular weight is 731 g/mol. The standard InChI is InChI=1S/C37H66N2O12/c1-14-25-37(10,44)29(41)22(6)38-32-18(2)16-36(9,51-32)31(50-34-27(40)24(39(11)12)15-19(3)46-34)20(4)28(21(5)33(43)48-25)49-26-17-35(8,45-13)30(42)23(7)47-26/h18-31,34,40-42,44H,14-17H2,1-13H3/t18-,19+,20+,21-,22-,23-,24-,25-,26-,27+,28+,29-,30-,31-,34-,35+,36-,37-/m1/s1. The molecule has 51 heavy (non-hydrogen) atoms. The Bertz CT molecular complexity index is 1220. The first-order chi connectivity index (χ1) is 23.6. The van der Waals surface area contributed by atoms with Crippen molar-refractivity contribution >= 4 is 11.9 Å². The van der Waals surface area contributed by atoms with Crippen LogP contribution in [-0.2, 0) is 38.0 Å². The third-order valence-electron chi connectivity index (χ3n) is 11.9. The number of fused-ring (bicyclic) bond motifs is 2. The number of carbonyl (C=O) groups excluding carboxylic acids is 1. The van der Waals surface area contributed by atoms with Crippen LogP contribution in [0.25, 0.3) is 0 Å². The lowest BCUT2D eigenvalue weighted by atomic mass is 9.79. The fourth-order valence-electron chi connectivity index (χ4n) is 8.61. The predicted octanol–water partition coefficient (Wildman–Crippen LogP) is 2.41. The minimum absolute atomic E-state index is 0.163. The van der Waals surface area contributed by atoms with Gasteiger partial charge in [0.25, 0.3) is 0 Å². The molecule has 0 aromatic heterocycles. The van der Waals surface area contributed by atoms with Gasteiger partial charge in [-0.05, 0) is 75.4 Å². The van der Waals surface area contributed by atoms with Crippen LogP contribution < -0.4 is 0 Å². The molecule has 0 amide bonds. The number of ether oxygens (including phenoxy) is 7. The fraction of sp³-hybridized carbons (Fsp3) is 0.946. The molecule has 0 unspecified atom stereocenters. The van der Waals surface area contributed by atoms with Gasteiger partial charge in [-0.25, -0.2) is 4.99 Å². The average Bonchev–Trinajstić information content (AvgIpc) is 3.35. The molecule has 0 saturated carbocycles. The van der Waals surface area contributed by atoms with Crippen LogP contribution in [0.5, 0.6) is 0 Å². The zero-order chi connectivity index (χ0) is 38.4. The largest absolute Gasteiger partial charge is 0.472 e. The van der Waals surface area contributed by atoms with Gasteiger partial charge in [-0.1, -0.05) is 20.8 Å². The first kappa shape index (κ1) is 42.3. The Balaban J connectivity index is 1.85. The molecule has 4 aliphatic heterocycles. The van der Waals surface area contributed by atoms with Gasteiger partial charge in [-0.2, -0.15) is 0 Å². The zero-order valence-corrected chi connectivity index (χ0v) is 32.9. The molecule has 0 radical (unpaired) electrons. The van der Waals surface area contributed by atoms with Gasteiger partial charge in [0.2, 0.25) is 0 Å². The van der Waals surface area contributed by atoms with Gasteiger partial charge >= 0.3 is 5.97 Å². The van der Waals surface area contributed by atoms with Crippen LogP contribution in [0.1, 0.15) is 94.9 Å². The summed E-state index contributed by atoms with van der Waals surface area (Å²) in [6.07, 6.45) is -7.53. The van der Waals surface area contributed by atoms with E-state index in [0.29, 0.717) is 18.7 Å². The predicted molar refractivity (Wildman–Crippen MR) is 188 cm³/mol. The molecule has 296 valence electrons. The Kier molecular flexibility index (Phi) is 13.4. The molecule has 4 aliphatic rings. The summed E-state index contributed by atoms with van der Waals surface area (Å²) in [5, 5.41) is 45.5. The van der Waals surface area contributed by atoms with Crippen LogP contribution in [0.15, 0.2) is 4.99 Å². The summed E-state index contributed by atoms with van der Waals surface area (Å²) in [5.41, 5.74) is -3.91. The Morgan fingerprint density at radius 1 is 0.961 bits per heavy atom. The summed E-state index contributed by atoms with van der Waals surface area (Å²) in [6.45, 7) is 17.8. The number of rotatable bonds is 7. The third kappa shape index (κ3) is 8.60. The van der Waals surface area contributed by atoms with Gasteiger partial charge in [-0.15, -0.1) is 0 Å². The number of nitrogens with zero attached hydrogens (tertiary/aromatic N) is 2. The molecule has 4 N–H and O–H groups in total. The van der Waals surface area contributed by atoms with E-state index in [0.717, 1.165) is 0 Å². The number of carbonyl (C=O) groups is 1. The number of hydrogen-bond acceptors (Lipinski definition) is 14. The molecule has 2 bridgehead atoms. The topological polar surface area (TPSA) is 178 Å². The molecule has 0 aliphatic carbocycles. The number of cyclic esters (lactones) is 1. The van der Waals surface area contributed by atoms with Gasteiger partial charge in [-0.3, -0.25) is 4.79 Å². The molecule has 3 saturated heterocycles. The zero-order valence-electron chi connectivity index (χ0n) is 32.9. The van der Waals surface area contributed by atoms with Crippen molar-refractivity contribution in [1.29, 1.82) is 0 Å². The Hall–Kier alpha value is -1.46. The second kappa shape index (κ2) is 16.1. The van der Waals surface area contributed by atoms with Crippen LogP contribution in [0.2, 0.25) is 0 Å². The molecular weight excluding hydrogens is 664 g/mol. The van der Waals surface area contributed by atoms with Crippen molar-refractivity contribution < 1.29 is 58.4 Å². The molecule has 14 nitrogen and oxygen atoms in total. The Labute approximate surface area is 304 Å². The Morgan fingerprint density at radius 2 is 1.61 bits per heavy atom. The minimum atomic E-state index is -1.84. The molecule has 0 aromatic rings. The number of aliphatic hydroxyl groups is 4. The normalized spacial score (nSPS) is 50.3. The van der Waals surface area contributed by atoms with E-state index < -0.39 is 96.0 Å². The van der Waals surface area contributed by atoms with Crippen molar-refractivity contribution in [1.82, 2.24) is 4.90 Å². The highest BCUT2D eigenvalue weighted by molar-refractivity contribution is 5.81. The highest BCUT2D eigenvalue weighted by Gasteiger charge is 2.56. The number of methoxy groups -OCH3 is 1. The van der Waals surface area contributed by atoms with E-state index in [4.69, 9.17) is 38.2 Å². The van der Waals surface area contributed by atoms with Crippen molar-refractivity contribution in [3.63, 3.8) is 0 Å². The van der Waals surface area contributed by atoms with Crippen LogP contribution in [0.4, 0.5) is 0 Å². The van der Waals surface area contributed by atoms with Crippen molar-refractivity contribution in [2.75, 3.05) is 21.2 Å². The smallest absolute Gasteiger partial charge is 0.311 e. The van der Waals surface area contributed by atoms with E-state index in [9.17, 15) is 25.2 Å². The monoisotopic (exact) mass is 730 g/mol. The highest BCUT2D eigenvalue weighted by atomic mass is 16.7. The second-order valence-electron chi connectivity index (χ2n) is 16.5. The maximum Gasteiger partial charge on any atom is 0.311 e. The first-order valence-electron chi connectivity index (χ1n) is 18.7. The van der Waals surface area contributed by atoms with Crippen LogP contribution in [-0.4, -0.2) is 149 Å². The number of aliphatic imine (C=N–C) groups is 1. The summed E-state index contributed by atoms with van der Waals surface area (Å²) in [7, 11) is 5.33. The van der Waals surface area contributed by atoms with Crippen LogP contribution in [0.3, 0.4) is 0 Å². The molecule has 4 rings (SSSR count). The third-order valence-corrected chi connectivity index (χ3v) is 11.9. The van der Waals surface area contributed by atoms with Gasteiger partial charge in [0.05, 0.1) is 35.9 Å². The van der Waals surface area contributed by atoms with E-state index in [1.165, 1.54) is 14.0 Å². The molecule has 0 spiro atoms. The second-order valence-corrected chi connectivity index (χ2v) is 16.5. The number of esters is 1. The van der Waals surface area contributed by atoms with Crippen LogP contribution >= 0.6 is 0 Å². The molecule has 18 atom stereocenters. The van der Waals surface area contributed by atoms with E-state index in [-0.39, 0.29) is 30.9 Å². The van der Waals surface area contributed by atoms with Crippen molar-refractivity contribution in [3.8, 4) is 0 Å². The minimum Gasteiger partial charge on any atom is -0.472 e. The highest BCUT2D eigenvalue weighted by Crippen LogP contribution is 2.44. The summed E-state index contributed by atoms with van der Waals surface area (Å²) in [5.74, 6) is -2.03. The fourth-order valence-corrected chi connectivity index (χ4v) is 8.61. The molecule has 14 heteroatoms. The van der Waals surface area contributed by atoms with E-state index >= 15 is 0 Å². The van der Waals surface area contributed by atoms with Crippen LogP contribution in [0, 0.1) is 17.8 Å². The quantitative estimate of drug-likeness (QED) is 0.281. The summed E-state index contributed by atoms with van der Waals surface area (Å²) >= 11 is 0. The lowest BCUT2D eigenvalue weighted by Gasteiger charge is -2.48. The molecule has 0 aromatic carbocycles. The van der Waals surface area contributed by atoms with E-state index in [1.54, 1.807) is 34.6 Å². The maximum absolute atomic E-state index is 14.2. The van der Waals surface area contributed by atoms with Gasteiger partial charge in [0.15, 0.2) is 18.5 Å². The number of likely N-dealkylation sites (N-methyl/N-ethyl adjacent to an activating group) is 1. The van der Waals surface area contributed by atoms with Gasteiger partial charge in [0.1, 0.15) is 41.7 Å². The maximum atomic E-state index is 14.2. The van der Waals surface area contributed by atoms with Gasteiger partial charge < -0.3 is 58.5 Å². The summed E-state index contributed by atoms with van der Waals surface area (Å²) in [6, 6.07) is -1.04. The van der Waals surface area contributed by atoms with Crippen molar-refractivity contribution in [2.24, 2.45) is 22.7 Å². The SMILES string of the molecule is CC[C@H]1OC(=O)[C@H](C)[C@@H](O[C@@H]2C[C@](C)(OC)[C@H](O)[C@@H](C)O2)[C@H](C)[C@@H](O[C@H]2O[C@@H](C)C[C@@H](N(C)C)[C@@H]2O)[C@@]2(C)C[C@@H](C)C(=N[C@H](C)[C@@H](O)[C@]1(C)O)O2. The lowest BCUT2D eigenvalue weighted by molar-refractivity contribution is -0.315. The van der Waals surface area contributed by atoms with E-state index in [1.807, 2.05) is 46.7 Å². The van der Waals surface area contributed by atoms with Gasteiger partial charge in [0, 0.05) is 37.8 Å². The summed E-state index contributed by atoms with van der Waals surface area (Å²) in [4.78, 5) is 20.9. The first-order valence-corrected chi connectivity index (χ1v) is 18.7. The van der Waals surface area contributed by atoms with Crippen molar-refractivity contribution in [3.05, 3.63) is 0 Å². The Morgan fingerprint density at radius 3 is 2.20 bits per heavy atom. The molecular formula is C37H66N2O12. The lowest BCUT2D eigenvalue weighted by Crippen LogP contribution is -2.60.